The van der Waals surface area contributed by atoms with Crippen LogP contribution < -0.4 is 15.4 Å². The molecule has 0 spiro atoms. The zero-order chi connectivity index (χ0) is 45.4. The molecule has 7 rings (SSSR count). The van der Waals surface area contributed by atoms with E-state index in [0.29, 0.717) is 24.3 Å². The minimum Gasteiger partial charge on any atom is -0.494 e. The maximum atomic E-state index is 14.0. The molecule has 2 fully saturated rings. The number of aromatic carboxylic acids is 1. The van der Waals surface area contributed by atoms with E-state index in [1.807, 2.05) is 87.8 Å². The zero-order valence-corrected chi connectivity index (χ0v) is 38.1. The Morgan fingerprint density at radius 3 is 2.36 bits per heavy atom. The first-order valence-corrected chi connectivity index (χ1v) is 23.4. The lowest BCUT2D eigenvalue weighted by molar-refractivity contribution is -0.144. The van der Waals surface area contributed by atoms with Gasteiger partial charge in [-0.1, -0.05) is 83.2 Å². The Bertz CT molecular complexity index is 2440. The van der Waals surface area contributed by atoms with Crippen LogP contribution in [0.25, 0.3) is 32.6 Å². The number of rotatable bonds is 18. The monoisotopic (exact) mass is 888 g/mol. The molecule has 3 heterocycles. The van der Waals surface area contributed by atoms with E-state index in [2.05, 4.69) is 25.6 Å². The maximum Gasteiger partial charge on any atom is 0.335 e. The number of carboxylic acids is 1. The van der Waals surface area contributed by atoms with Crippen LogP contribution in [0.2, 0.25) is 0 Å². The first-order chi connectivity index (χ1) is 30.8. The van der Waals surface area contributed by atoms with Crippen molar-refractivity contribution in [1.29, 1.82) is 0 Å². The number of carbonyl (C=O) groups is 4. The van der Waals surface area contributed by atoms with Crippen LogP contribution in [0.5, 0.6) is 5.75 Å². The number of hydrogen-bond acceptors (Lipinski definition) is 10. The first-order valence-electron chi connectivity index (χ1n) is 22.6. The number of unbranched alkanes of at least 4 members (excludes halogenated alkanes) is 4. The Balaban J connectivity index is 0.839. The predicted molar refractivity (Wildman–Crippen MR) is 248 cm³/mol. The van der Waals surface area contributed by atoms with Crippen LogP contribution in [0, 0.1) is 12.3 Å². The highest BCUT2D eigenvalue weighted by molar-refractivity contribution is 7.13. The van der Waals surface area contributed by atoms with Crippen molar-refractivity contribution in [1.82, 2.24) is 30.5 Å². The Morgan fingerprint density at radius 1 is 0.906 bits per heavy atom. The number of ether oxygens (including phenoxy) is 1. The molecule has 64 heavy (non-hydrogen) atoms. The molecule has 2 aromatic heterocycles. The summed E-state index contributed by atoms with van der Waals surface area (Å²) in [7, 11) is 0. The van der Waals surface area contributed by atoms with Gasteiger partial charge < -0.3 is 30.5 Å². The molecule has 3 atom stereocenters. The summed E-state index contributed by atoms with van der Waals surface area (Å²) in [5.74, 6) is -0.872. The van der Waals surface area contributed by atoms with Crippen molar-refractivity contribution in [3.05, 3.63) is 94.9 Å². The molecule has 1 saturated heterocycles. The van der Waals surface area contributed by atoms with Crippen LogP contribution in [0.3, 0.4) is 0 Å². The summed E-state index contributed by atoms with van der Waals surface area (Å²) in [5, 5.41) is 27.2. The first kappa shape index (κ1) is 46.3. The zero-order valence-electron chi connectivity index (χ0n) is 37.3. The normalized spacial score (nSPS) is 17.1. The van der Waals surface area contributed by atoms with Gasteiger partial charge in [0.05, 0.1) is 45.6 Å². The highest BCUT2D eigenvalue weighted by Gasteiger charge is 2.44. The minimum absolute atomic E-state index is 0.0234. The van der Waals surface area contributed by atoms with Crippen LogP contribution in [0.1, 0.15) is 124 Å². The number of β-amino-alcohol motifs (C(OH)–C–C–N with tert-alkyl or cyclic N) is 1. The van der Waals surface area contributed by atoms with Gasteiger partial charge in [0.15, 0.2) is 0 Å². The third-order valence-electron chi connectivity index (χ3n) is 12.5. The molecule has 338 valence electrons. The quantitative estimate of drug-likeness (QED) is 0.0622. The van der Waals surface area contributed by atoms with Gasteiger partial charge in [0, 0.05) is 42.9 Å². The number of nitrogens with zero attached hydrogens (tertiary/aromatic N) is 4. The second-order valence-corrected chi connectivity index (χ2v) is 19.2. The van der Waals surface area contributed by atoms with E-state index in [4.69, 9.17) is 4.74 Å². The Labute approximate surface area is 379 Å². The van der Waals surface area contributed by atoms with E-state index in [9.17, 15) is 29.4 Å². The summed E-state index contributed by atoms with van der Waals surface area (Å²) < 4.78 is 6.09. The van der Waals surface area contributed by atoms with Crippen LogP contribution in [0.4, 0.5) is 0 Å². The number of nitrogens with one attached hydrogen (secondary N) is 2. The molecular formula is C50H60N6O7S. The lowest BCUT2D eigenvalue weighted by Crippen LogP contribution is -2.57. The summed E-state index contributed by atoms with van der Waals surface area (Å²) in [6, 6.07) is 17.5. The highest BCUT2D eigenvalue weighted by atomic mass is 32.1. The Kier molecular flexibility index (Phi) is 15.1. The van der Waals surface area contributed by atoms with E-state index in [1.165, 1.54) is 11.2 Å². The van der Waals surface area contributed by atoms with Gasteiger partial charge in [-0.05, 0) is 84.9 Å². The van der Waals surface area contributed by atoms with E-state index in [1.54, 1.807) is 17.4 Å². The highest BCUT2D eigenvalue weighted by Crippen LogP contribution is 2.39. The molecule has 1 aliphatic carbocycles. The van der Waals surface area contributed by atoms with Crippen molar-refractivity contribution in [2.75, 3.05) is 13.2 Å². The number of aliphatic hydroxyl groups is 1. The Hall–Kier alpha value is -5.73. The standard InChI is InChI=1S/C50H60N6O7S/c1-31-45(64-30-54-31)34-17-15-32(16-18-34)27-51-47(59)42-25-36(57)28-56(42)48(60)46(50(2,3)4)55-43(58)14-8-6-5-7-11-23-63-37-20-22-39-41(26-37)52-29-53-44(39)35-19-21-38(49(61)62)40(24-35)33-12-9-10-13-33/h15-22,24,26,29-30,33,36,42,46,57H,5-14,23,25,27-28H2,1-4H3,(H,51,59)(H,55,58)(H,61,62)/t36-,42+,46?/m1/s1. The summed E-state index contributed by atoms with van der Waals surface area (Å²) >= 11 is 1.58. The summed E-state index contributed by atoms with van der Waals surface area (Å²) in [6.07, 6.45) is 9.54. The number of carboxylic acid groups (broad SMARTS) is 1. The number of aromatic nitrogens is 3. The van der Waals surface area contributed by atoms with Gasteiger partial charge in [0.1, 0.15) is 24.2 Å². The number of hydrogen-bond donors (Lipinski definition) is 4. The molecular weight excluding hydrogens is 829 g/mol. The van der Waals surface area contributed by atoms with Crippen LogP contribution in [-0.2, 0) is 20.9 Å². The molecule has 2 aliphatic rings. The smallest absolute Gasteiger partial charge is 0.335 e. The molecule has 1 aliphatic heterocycles. The fourth-order valence-corrected chi connectivity index (χ4v) is 9.77. The van der Waals surface area contributed by atoms with E-state index < -0.39 is 29.6 Å². The van der Waals surface area contributed by atoms with Crippen molar-refractivity contribution in [3.8, 4) is 27.4 Å². The molecule has 1 saturated carbocycles. The molecule has 0 radical (unpaired) electrons. The van der Waals surface area contributed by atoms with Crippen LogP contribution >= 0.6 is 11.3 Å². The number of aryl methyl sites for hydroxylation is 1. The van der Waals surface area contributed by atoms with Crippen LogP contribution in [-0.4, -0.2) is 85.1 Å². The number of likely N-dealkylation sites (tertiary alicyclic amines) is 1. The number of carbonyl (C=O) groups excluding carboxylic acids is 3. The van der Waals surface area contributed by atoms with E-state index in [-0.39, 0.29) is 49.6 Å². The molecule has 4 N–H and O–H groups in total. The minimum atomic E-state index is -0.901. The molecule has 3 amide bonds. The van der Waals surface area contributed by atoms with Gasteiger partial charge in [-0.3, -0.25) is 14.4 Å². The van der Waals surface area contributed by atoms with Crippen molar-refractivity contribution in [2.45, 2.75) is 129 Å². The topological polar surface area (TPSA) is 184 Å². The van der Waals surface area contributed by atoms with Crippen molar-refractivity contribution < 1.29 is 34.1 Å². The second-order valence-electron chi connectivity index (χ2n) is 18.3. The lowest BCUT2D eigenvalue weighted by Gasteiger charge is -2.35. The van der Waals surface area contributed by atoms with Gasteiger partial charge >= 0.3 is 5.97 Å². The number of thiazole rings is 1. The summed E-state index contributed by atoms with van der Waals surface area (Å²) in [6.45, 7) is 8.46. The molecule has 5 aromatic rings. The molecule has 14 heteroatoms. The third-order valence-corrected chi connectivity index (χ3v) is 13.5. The fourth-order valence-electron chi connectivity index (χ4n) is 8.96. The second kappa shape index (κ2) is 20.8. The van der Waals surface area contributed by atoms with E-state index >= 15 is 0 Å². The number of amides is 3. The van der Waals surface area contributed by atoms with E-state index in [0.717, 1.165) is 101 Å². The maximum absolute atomic E-state index is 14.0. The molecule has 3 aromatic carbocycles. The lowest BCUT2D eigenvalue weighted by atomic mass is 9.85. The predicted octanol–water partition coefficient (Wildman–Crippen LogP) is 8.61. The summed E-state index contributed by atoms with van der Waals surface area (Å²) in [4.78, 5) is 68.6. The molecule has 13 nitrogen and oxygen atoms in total. The van der Waals surface area contributed by atoms with Crippen molar-refractivity contribution in [2.24, 2.45) is 5.41 Å². The third kappa shape index (κ3) is 11.3. The average Bonchev–Trinajstić information content (AvgIpc) is 4.07. The Morgan fingerprint density at radius 2 is 1.64 bits per heavy atom. The summed E-state index contributed by atoms with van der Waals surface area (Å²) in [5.41, 5.74) is 7.77. The van der Waals surface area contributed by atoms with Gasteiger partial charge in [-0.15, -0.1) is 11.3 Å². The van der Waals surface area contributed by atoms with Gasteiger partial charge in [0.2, 0.25) is 17.7 Å². The average molecular weight is 889 g/mol. The SMILES string of the molecule is Cc1ncsc1-c1ccc(CNC(=O)[C@@H]2C[C@@H](O)CN2C(=O)C(NC(=O)CCCCCCCOc2ccc3c(-c4ccc(C(=O)O)c(C5CCCC5)c4)ncnc3c2)C(C)(C)C)cc1. The van der Waals surface area contributed by atoms with Gasteiger partial charge in [0.25, 0.3) is 0 Å². The number of fused-ring (bicyclic) bond motifs is 1. The van der Waals surface area contributed by atoms with Gasteiger partial charge in [-0.2, -0.15) is 0 Å². The largest absolute Gasteiger partial charge is 0.494 e. The number of aliphatic hydroxyl groups excluding tert-OH is 1. The fraction of sp³-hybridized carbons (Fsp3) is 0.460. The molecule has 1 unspecified atom stereocenters. The van der Waals surface area contributed by atoms with Crippen LogP contribution in [0.15, 0.2) is 72.5 Å². The van der Waals surface area contributed by atoms with Crippen molar-refractivity contribution in [3.63, 3.8) is 0 Å². The van der Waals surface area contributed by atoms with Gasteiger partial charge in [-0.25, -0.2) is 19.7 Å². The number of benzene rings is 3. The molecule has 0 bridgehead atoms. The van der Waals surface area contributed by atoms with Crippen molar-refractivity contribution >= 4 is 45.9 Å².